The maximum Gasteiger partial charge on any atom is 0.240 e. The Morgan fingerprint density at radius 3 is 2.42 bits per heavy atom. The smallest absolute Gasteiger partial charge is 0.240 e. The van der Waals surface area contributed by atoms with Crippen LogP contribution in [0.4, 0.5) is 0 Å². The van der Waals surface area contributed by atoms with Gasteiger partial charge in [0.15, 0.2) is 0 Å². The van der Waals surface area contributed by atoms with Crippen LogP contribution in [-0.2, 0) is 10.0 Å². The minimum atomic E-state index is -3.57. The zero-order valence-electron chi connectivity index (χ0n) is 15.5. The molecule has 1 atom stereocenters. The van der Waals surface area contributed by atoms with Crippen molar-refractivity contribution >= 4 is 21.4 Å². The number of hydrogen-bond donors (Lipinski definition) is 1. The molecule has 0 bridgehead atoms. The molecule has 3 rings (SSSR count). The third-order valence-corrected chi connectivity index (χ3v) is 7.03. The highest BCUT2D eigenvalue weighted by Crippen LogP contribution is 2.28. The summed E-state index contributed by atoms with van der Waals surface area (Å²) in [6.45, 7) is 6.14. The topological polar surface area (TPSA) is 58.6 Å². The Labute approximate surface area is 160 Å². The fraction of sp³-hybridized carbons (Fsp3) is 0.474. The van der Waals surface area contributed by atoms with Crippen LogP contribution in [0.25, 0.3) is 0 Å². The molecule has 2 heterocycles. The maximum atomic E-state index is 12.9. The van der Waals surface area contributed by atoms with Crippen LogP contribution in [0.15, 0.2) is 33.9 Å². The number of aryl methyl sites for hydroxylation is 2. The largest absolute Gasteiger partial charge is 0.496 e. The Morgan fingerprint density at radius 2 is 1.88 bits per heavy atom. The van der Waals surface area contributed by atoms with Crippen molar-refractivity contribution in [2.45, 2.75) is 37.6 Å². The number of benzene rings is 1. The van der Waals surface area contributed by atoms with Crippen molar-refractivity contribution in [3.05, 3.63) is 45.6 Å². The van der Waals surface area contributed by atoms with E-state index in [-0.39, 0.29) is 6.04 Å². The normalized spacial score (nSPS) is 16.7. The van der Waals surface area contributed by atoms with Crippen molar-refractivity contribution in [1.82, 2.24) is 9.62 Å². The van der Waals surface area contributed by atoms with Gasteiger partial charge in [-0.2, -0.15) is 11.3 Å². The van der Waals surface area contributed by atoms with E-state index in [9.17, 15) is 8.42 Å². The number of ether oxygens (including phenoxy) is 1. The number of methoxy groups -OCH3 is 1. The van der Waals surface area contributed by atoms with E-state index >= 15 is 0 Å². The highest BCUT2D eigenvalue weighted by Gasteiger charge is 2.26. The van der Waals surface area contributed by atoms with E-state index in [0.29, 0.717) is 11.4 Å². The lowest BCUT2D eigenvalue weighted by Gasteiger charge is -2.27. The molecule has 1 aromatic heterocycles. The fourth-order valence-electron chi connectivity index (χ4n) is 3.64. The van der Waals surface area contributed by atoms with Gasteiger partial charge >= 0.3 is 0 Å². The molecule has 0 unspecified atom stereocenters. The lowest BCUT2D eigenvalue weighted by Crippen LogP contribution is -2.36. The molecule has 1 aliphatic heterocycles. The molecule has 0 saturated carbocycles. The molecule has 2 aromatic rings. The van der Waals surface area contributed by atoms with Gasteiger partial charge in [0.2, 0.25) is 10.0 Å². The van der Waals surface area contributed by atoms with Crippen molar-refractivity contribution in [3.8, 4) is 5.75 Å². The van der Waals surface area contributed by atoms with Gasteiger partial charge in [-0.25, -0.2) is 13.1 Å². The van der Waals surface area contributed by atoms with Crippen molar-refractivity contribution in [1.29, 1.82) is 0 Å². The lowest BCUT2D eigenvalue weighted by molar-refractivity contribution is 0.247. The summed E-state index contributed by atoms with van der Waals surface area (Å²) >= 11 is 1.65. The fourth-order valence-corrected chi connectivity index (χ4v) is 5.55. The van der Waals surface area contributed by atoms with E-state index in [4.69, 9.17) is 4.74 Å². The van der Waals surface area contributed by atoms with Crippen LogP contribution in [0, 0.1) is 13.8 Å². The number of hydrogen-bond acceptors (Lipinski definition) is 5. The van der Waals surface area contributed by atoms with E-state index in [1.807, 2.05) is 19.2 Å². The van der Waals surface area contributed by atoms with Gasteiger partial charge < -0.3 is 4.74 Å². The first kappa shape index (κ1) is 19.4. The summed E-state index contributed by atoms with van der Waals surface area (Å²) in [6.07, 6.45) is 2.34. The predicted octanol–water partition coefficient (Wildman–Crippen LogP) is 3.49. The predicted molar refractivity (Wildman–Crippen MR) is 106 cm³/mol. The molecule has 0 amide bonds. The maximum absolute atomic E-state index is 12.9. The Morgan fingerprint density at radius 1 is 1.23 bits per heavy atom. The standard InChI is InChI=1S/C19H26N2O3S2/c1-14-10-17(11-15(2)19(14)24-3)26(22,23)20-12-18(16-6-9-25-13-16)21-7-4-5-8-21/h6,9-11,13,18,20H,4-5,7-8,12H2,1-3H3/t18-/m0/s1. The van der Waals surface area contributed by atoms with E-state index < -0.39 is 10.0 Å². The van der Waals surface area contributed by atoms with E-state index in [0.717, 1.165) is 30.0 Å². The summed E-state index contributed by atoms with van der Waals surface area (Å²) in [4.78, 5) is 2.66. The summed E-state index contributed by atoms with van der Waals surface area (Å²) in [7, 11) is -1.97. The highest BCUT2D eigenvalue weighted by atomic mass is 32.2. The second-order valence-electron chi connectivity index (χ2n) is 6.76. The van der Waals surface area contributed by atoms with Gasteiger partial charge in [0, 0.05) is 12.6 Å². The number of likely N-dealkylation sites (tertiary alicyclic amines) is 1. The average Bonchev–Trinajstić information content (AvgIpc) is 3.28. The van der Waals surface area contributed by atoms with Crippen molar-refractivity contribution in [3.63, 3.8) is 0 Å². The summed E-state index contributed by atoms with van der Waals surface area (Å²) in [5, 5.41) is 4.15. The van der Waals surface area contributed by atoms with Gasteiger partial charge in [-0.1, -0.05) is 0 Å². The molecule has 0 radical (unpaired) electrons. The molecule has 5 nitrogen and oxygen atoms in total. The number of rotatable bonds is 7. The first-order valence-corrected chi connectivity index (χ1v) is 11.3. The molecule has 1 aliphatic rings. The first-order valence-electron chi connectivity index (χ1n) is 8.83. The summed E-state index contributed by atoms with van der Waals surface area (Å²) in [5.41, 5.74) is 2.82. The number of nitrogens with one attached hydrogen (secondary N) is 1. The third-order valence-electron chi connectivity index (χ3n) is 4.92. The van der Waals surface area contributed by atoms with Crippen molar-refractivity contribution in [2.24, 2.45) is 0 Å². The quantitative estimate of drug-likeness (QED) is 0.781. The zero-order valence-corrected chi connectivity index (χ0v) is 17.1. The van der Waals surface area contributed by atoms with Gasteiger partial charge in [-0.15, -0.1) is 0 Å². The molecule has 1 aromatic carbocycles. The Bertz CT molecular complexity index is 819. The Kier molecular flexibility index (Phi) is 6.02. The van der Waals surface area contributed by atoms with Crippen molar-refractivity contribution < 1.29 is 13.2 Å². The van der Waals surface area contributed by atoms with Gasteiger partial charge in [0.05, 0.1) is 12.0 Å². The minimum absolute atomic E-state index is 0.0824. The molecule has 26 heavy (non-hydrogen) atoms. The lowest BCUT2D eigenvalue weighted by atomic mass is 10.1. The molecule has 1 saturated heterocycles. The molecule has 0 spiro atoms. The minimum Gasteiger partial charge on any atom is -0.496 e. The highest BCUT2D eigenvalue weighted by molar-refractivity contribution is 7.89. The first-order chi connectivity index (χ1) is 12.4. The molecular weight excluding hydrogens is 368 g/mol. The van der Waals surface area contributed by atoms with Crippen LogP contribution < -0.4 is 9.46 Å². The average molecular weight is 395 g/mol. The molecule has 7 heteroatoms. The van der Waals surface area contributed by atoms with E-state index in [1.54, 1.807) is 30.6 Å². The second kappa shape index (κ2) is 8.08. The number of sulfonamides is 1. The van der Waals surface area contributed by atoms with Crippen LogP contribution in [0.1, 0.15) is 35.6 Å². The Hall–Kier alpha value is -1.41. The van der Waals surface area contributed by atoms with Crippen LogP contribution in [0.5, 0.6) is 5.75 Å². The number of nitrogens with zero attached hydrogens (tertiary/aromatic N) is 1. The Balaban J connectivity index is 1.80. The summed E-state index contributed by atoms with van der Waals surface area (Å²) in [6, 6.07) is 5.51. The van der Waals surface area contributed by atoms with Gasteiger partial charge in [0.25, 0.3) is 0 Å². The van der Waals surface area contributed by atoms with Gasteiger partial charge in [-0.3, -0.25) is 4.90 Å². The summed E-state index contributed by atoms with van der Waals surface area (Å²) < 4.78 is 33.9. The SMILES string of the molecule is COc1c(C)cc(S(=O)(=O)NC[C@@H](c2ccsc2)N2CCCC2)cc1C. The summed E-state index contributed by atoms with van der Waals surface area (Å²) in [5.74, 6) is 0.733. The molecular formula is C19H26N2O3S2. The van der Waals surface area contributed by atoms with Crippen LogP contribution in [-0.4, -0.2) is 40.1 Å². The van der Waals surface area contributed by atoms with E-state index in [2.05, 4.69) is 21.1 Å². The van der Waals surface area contributed by atoms with Gasteiger partial charge in [-0.05, 0) is 85.4 Å². The zero-order chi connectivity index (χ0) is 18.7. The van der Waals surface area contributed by atoms with Crippen molar-refractivity contribution in [2.75, 3.05) is 26.7 Å². The van der Waals surface area contributed by atoms with Crippen LogP contribution >= 0.6 is 11.3 Å². The second-order valence-corrected chi connectivity index (χ2v) is 9.30. The van der Waals surface area contributed by atoms with E-state index in [1.165, 1.54) is 18.4 Å². The monoisotopic (exact) mass is 394 g/mol. The van der Waals surface area contributed by atoms with Crippen LogP contribution in [0.3, 0.4) is 0 Å². The third kappa shape index (κ3) is 4.11. The molecule has 142 valence electrons. The molecule has 1 fully saturated rings. The number of thiophene rings is 1. The van der Waals surface area contributed by atoms with Crippen LogP contribution in [0.2, 0.25) is 0 Å². The molecule has 1 N–H and O–H groups in total. The molecule has 0 aliphatic carbocycles. The van der Waals surface area contributed by atoms with Gasteiger partial charge in [0.1, 0.15) is 5.75 Å².